The zero-order valence-electron chi connectivity index (χ0n) is 15.5. The first kappa shape index (κ1) is 21.1. The van der Waals surface area contributed by atoms with Gasteiger partial charge in [-0.2, -0.15) is 0 Å². The van der Waals surface area contributed by atoms with E-state index in [9.17, 15) is 15.0 Å². The van der Waals surface area contributed by atoms with Crippen molar-refractivity contribution in [2.24, 2.45) is 5.92 Å². The Bertz CT molecular complexity index is 481. The highest BCUT2D eigenvalue weighted by atomic mass is 16.7. The maximum atomic E-state index is 10.5. The van der Waals surface area contributed by atoms with E-state index in [0.717, 1.165) is 25.7 Å². The second-order valence-corrected chi connectivity index (χ2v) is 7.33. The predicted molar refractivity (Wildman–Crippen MR) is 97.6 cm³/mol. The molecule has 3 rings (SSSR count). The number of carboxylic acid groups (broad SMARTS) is 1. The zero-order chi connectivity index (χ0) is 18.9. The van der Waals surface area contributed by atoms with Crippen LogP contribution in [0.4, 0.5) is 0 Å². The summed E-state index contributed by atoms with van der Waals surface area (Å²) in [5.41, 5.74) is 0. The van der Waals surface area contributed by atoms with Crippen LogP contribution in [-0.2, 0) is 14.3 Å². The van der Waals surface area contributed by atoms with Gasteiger partial charge in [-0.05, 0) is 45.4 Å². The molecular formula is C20H32O6. The second kappa shape index (κ2) is 10.8. The van der Waals surface area contributed by atoms with Gasteiger partial charge >= 0.3 is 5.97 Å². The van der Waals surface area contributed by atoms with Crippen LogP contribution in [-0.4, -0.2) is 52.0 Å². The number of carboxylic acids is 1. The summed E-state index contributed by atoms with van der Waals surface area (Å²) in [4.78, 5) is 10.5. The summed E-state index contributed by atoms with van der Waals surface area (Å²) < 4.78 is 11.6. The minimum atomic E-state index is -0.759. The number of aliphatic hydroxyl groups is 2. The van der Waals surface area contributed by atoms with E-state index in [0.29, 0.717) is 19.3 Å². The number of ether oxygens (including phenoxy) is 2. The fraction of sp³-hybridized carbons (Fsp3) is 0.750. The summed E-state index contributed by atoms with van der Waals surface area (Å²) in [7, 11) is 0. The number of aliphatic carboxylic acids is 1. The Morgan fingerprint density at radius 2 is 1.96 bits per heavy atom. The third kappa shape index (κ3) is 7.19. The van der Waals surface area contributed by atoms with Crippen LogP contribution in [0, 0.1) is 5.92 Å². The molecule has 3 aliphatic rings. The van der Waals surface area contributed by atoms with E-state index in [1.807, 2.05) is 12.2 Å². The van der Waals surface area contributed by atoms with E-state index in [1.54, 1.807) is 13.0 Å². The van der Waals surface area contributed by atoms with Gasteiger partial charge in [-0.1, -0.05) is 24.3 Å². The highest BCUT2D eigenvalue weighted by molar-refractivity contribution is 5.66. The smallest absolute Gasteiger partial charge is 0.303 e. The van der Waals surface area contributed by atoms with E-state index in [2.05, 4.69) is 6.08 Å². The van der Waals surface area contributed by atoms with Gasteiger partial charge in [-0.15, -0.1) is 0 Å². The first-order valence-electron chi connectivity index (χ1n) is 9.68. The minimum absolute atomic E-state index is 0.0671. The van der Waals surface area contributed by atoms with Crippen molar-refractivity contribution in [3.05, 3.63) is 24.3 Å². The number of rotatable bonds is 12. The number of carbonyl (C=O) groups is 1. The fourth-order valence-electron chi connectivity index (χ4n) is 3.40. The fourth-order valence-corrected chi connectivity index (χ4v) is 3.40. The van der Waals surface area contributed by atoms with Crippen molar-refractivity contribution >= 4 is 5.97 Å². The Labute approximate surface area is 155 Å². The summed E-state index contributed by atoms with van der Waals surface area (Å²) >= 11 is 0. The van der Waals surface area contributed by atoms with Gasteiger partial charge in [0.2, 0.25) is 0 Å². The zero-order valence-corrected chi connectivity index (χ0v) is 15.5. The lowest BCUT2D eigenvalue weighted by Gasteiger charge is -2.49. The molecule has 6 atom stereocenters. The van der Waals surface area contributed by atoms with Gasteiger partial charge in [0.1, 0.15) is 0 Å². The minimum Gasteiger partial charge on any atom is -0.481 e. The molecule has 0 saturated carbocycles. The maximum Gasteiger partial charge on any atom is 0.303 e. The molecule has 3 heterocycles. The number of allylic oxidation sites excluding steroid dienone is 2. The van der Waals surface area contributed by atoms with Crippen LogP contribution in [0.2, 0.25) is 0 Å². The first-order chi connectivity index (χ1) is 12.5. The lowest BCUT2D eigenvalue weighted by molar-refractivity contribution is -0.337. The molecule has 6 nitrogen and oxygen atoms in total. The molecule has 3 aliphatic heterocycles. The second-order valence-electron chi connectivity index (χ2n) is 7.33. The average molecular weight is 368 g/mol. The Morgan fingerprint density at radius 1 is 1.19 bits per heavy atom. The van der Waals surface area contributed by atoms with Crippen molar-refractivity contribution in [2.75, 3.05) is 0 Å². The monoisotopic (exact) mass is 368 g/mol. The topological polar surface area (TPSA) is 96.2 Å². The summed E-state index contributed by atoms with van der Waals surface area (Å²) in [5, 5.41) is 28.0. The number of hydrogen-bond acceptors (Lipinski definition) is 5. The first-order valence-corrected chi connectivity index (χ1v) is 9.68. The third-order valence-electron chi connectivity index (χ3n) is 4.94. The summed E-state index contributed by atoms with van der Waals surface area (Å²) in [6, 6.07) is 0. The van der Waals surface area contributed by atoms with Gasteiger partial charge in [-0.25, -0.2) is 0 Å². The summed E-state index contributed by atoms with van der Waals surface area (Å²) in [5.74, 6) is -0.540. The highest BCUT2D eigenvalue weighted by Crippen LogP contribution is 2.40. The lowest BCUT2D eigenvalue weighted by atomic mass is 9.84. The summed E-state index contributed by atoms with van der Waals surface area (Å²) in [6.45, 7) is 1.75. The molecule has 0 aromatic carbocycles. The van der Waals surface area contributed by atoms with Crippen molar-refractivity contribution in [2.45, 2.75) is 89.0 Å². The maximum absolute atomic E-state index is 10.5. The SMILES string of the molecule is CC(O)CCC[C@H](O)/C=C/[C@H]1O[C@H]2C[C@H](O2)[C@@H]1C/C=C\CCCC(=O)O. The van der Waals surface area contributed by atoms with Crippen molar-refractivity contribution in [1.82, 2.24) is 0 Å². The van der Waals surface area contributed by atoms with Crippen LogP contribution < -0.4 is 0 Å². The van der Waals surface area contributed by atoms with Gasteiger partial charge in [0, 0.05) is 18.8 Å². The van der Waals surface area contributed by atoms with Crippen LogP contribution in [0.25, 0.3) is 0 Å². The Balaban J connectivity index is 1.75. The molecule has 2 bridgehead atoms. The molecule has 0 spiro atoms. The molecule has 0 aliphatic carbocycles. The van der Waals surface area contributed by atoms with Gasteiger partial charge in [0.25, 0.3) is 0 Å². The largest absolute Gasteiger partial charge is 0.481 e. The molecule has 1 unspecified atom stereocenters. The van der Waals surface area contributed by atoms with E-state index in [1.165, 1.54) is 0 Å². The number of fused-ring (bicyclic) bond motifs is 2. The van der Waals surface area contributed by atoms with Crippen molar-refractivity contribution in [3.8, 4) is 0 Å². The molecule has 3 N–H and O–H groups in total. The molecular weight excluding hydrogens is 336 g/mol. The molecule has 3 fully saturated rings. The molecule has 6 heteroatoms. The Morgan fingerprint density at radius 3 is 2.65 bits per heavy atom. The van der Waals surface area contributed by atoms with Gasteiger partial charge in [0.15, 0.2) is 6.29 Å². The predicted octanol–water partition coefficient (Wildman–Crippen LogP) is 2.79. The molecule has 0 radical (unpaired) electrons. The Kier molecular flexibility index (Phi) is 8.78. The molecule has 26 heavy (non-hydrogen) atoms. The summed E-state index contributed by atoms with van der Waals surface area (Å²) in [6.07, 6.45) is 12.4. The molecule has 0 aromatic rings. The van der Waals surface area contributed by atoms with E-state index in [-0.39, 0.29) is 36.9 Å². The van der Waals surface area contributed by atoms with Crippen LogP contribution in [0.1, 0.15) is 58.3 Å². The average Bonchev–Trinajstić information content (AvgIpc) is 2.55. The van der Waals surface area contributed by atoms with Crippen LogP contribution in [0.15, 0.2) is 24.3 Å². The van der Waals surface area contributed by atoms with Crippen molar-refractivity contribution in [3.63, 3.8) is 0 Å². The number of unbranched alkanes of at least 4 members (excludes halogenated alkanes) is 1. The third-order valence-corrected chi connectivity index (χ3v) is 4.94. The quantitative estimate of drug-likeness (QED) is 0.362. The molecule has 3 saturated heterocycles. The number of aliphatic hydroxyl groups excluding tert-OH is 2. The van der Waals surface area contributed by atoms with E-state index >= 15 is 0 Å². The van der Waals surface area contributed by atoms with Gasteiger partial charge < -0.3 is 24.8 Å². The highest BCUT2D eigenvalue weighted by Gasteiger charge is 2.46. The van der Waals surface area contributed by atoms with Crippen LogP contribution >= 0.6 is 0 Å². The lowest BCUT2D eigenvalue weighted by Crippen LogP contribution is -2.55. The van der Waals surface area contributed by atoms with Crippen LogP contribution in [0.5, 0.6) is 0 Å². The Hall–Kier alpha value is -1.21. The number of hydrogen-bond donors (Lipinski definition) is 3. The van der Waals surface area contributed by atoms with Crippen molar-refractivity contribution in [1.29, 1.82) is 0 Å². The van der Waals surface area contributed by atoms with Gasteiger partial charge in [-0.3, -0.25) is 4.79 Å². The van der Waals surface area contributed by atoms with Crippen LogP contribution in [0.3, 0.4) is 0 Å². The van der Waals surface area contributed by atoms with Gasteiger partial charge in [0.05, 0.1) is 24.4 Å². The normalized spacial score (nSPS) is 30.4. The molecule has 0 aromatic heterocycles. The van der Waals surface area contributed by atoms with E-state index < -0.39 is 12.1 Å². The van der Waals surface area contributed by atoms with E-state index in [4.69, 9.17) is 14.6 Å². The molecule has 0 amide bonds. The molecule has 148 valence electrons. The van der Waals surface area contributed by atoms with Crippen molar-refractivity contribution < 1.29 is 29.6 Å². The standard InChI is InChI=1S/C20H32O6/c1-14(21)7-6-8-15(22)11-12-17-16(18-13-20(25-17)26-18)9-4-2-3-5-10-19(23)24/h2,4,11-12,14-18,20-22H,3,5-10,13H2,1H3,(H,23,24)/b4-2-,12-11+/t14?,15-,16+,17+,18-,20+/m0/s1.